The van der Waals surface area contributed by atoms with Gasteiger partial charge in [0.05, 0.1) is 36.5 Å². The van der Waals surface area contributed by atoms with Crippen molar-refractivity contribution >= 4 is 55.7 Å². The minimum absolute atomic E-state index is 0.0463. The Hall–Kier alpha value is -2.72. The highest BCUT2D eigenvalue weighted by Gasteiger charge is 2.13. The third-order valence-electron chi connectivity index (χ3n) is 3.24. The molecule has 0 spiro atoms. The van der Waals surface area contributed by atoms with Crippen molar-refractivity contribution < 1.29 is 38.9 Å². The SMILES string of the molecule is COC(=O)c1ccc(C(=O)OC)c(Br)c1.O=C(O)c1ccc(C(=O)O)c(Br)c1. The maximum atomic E-state index is 11.2. The Labute approximate surface area is 176 Å². The van der Waals surface area contributed by atoms with Crippen molar-refractivity contribution in [2.75, 3.05) is 14.2 Å². The number of ether oxygens (including phenoxy) is 2. The molecule has 8 nitrogen and oxygen atoms in total. The zero-order valence-electron chi connectivity index (χ0n) is 14.6. The molecule has 0 saturated carbocycles. The third kappa shape index (κ3) is 6.17. The van der Waals surface area contributed by atoms with Gasteiger partial charge in [-0.25, -0.2) is 19.2 Å². The molecule has 0 aromatic heterocycles. The second-order valence-corrected chi connectivity index (χ2v) is 6.69. The first kappa shape index (κ1) is 23.3. The first-order valence-corrected chi connectivity index (χ1v) is 8.93. The molecule has 0 atom stereocenters. The van der Waals surface area contributed by atoms with Gasteiger partial charge in [0.1, 0.15) is 0 Å². The smallest absolute Gasteiger partial charge is 0.339 e. The number of halogens is 2. The largest absolute Gasteiger partial charge is 0.478 e. The van der Waals surface area contributed by atoms with Gasteiger partial charge in [-0.3, -0.25) is 0 Å². The van der Waals surface area contributed by atoms with E-state index < -0.39 is 23.9 Å². The molecule has 2 N–H and O–H groups in total. The predicted octanol–water partition coefficient (Wildman–Crippen LogP) is 3.87. The number of hydrogen-bond donors (Lipinski definition) is 2. The summed E-state index contributed by atoms with van der Waals surface area (Å²) in [5.74, 6) is -3.09. The molecule has 28 heavy (non-hydrogen) atoms. The molecule has 0 bridgehead atoms. The van der Waals surface area contributed by atoms with Gasteiger partial charge >= 0.3 is 23.9 Å². The number of carboxylic acids is 2. The predicted molar refractivity (Wildman–Crippen MR) is 105 cm³/mol. The molecule has 0 aliphatic carbocycles. The number of benzene rings is 2. The Balaban J connectivity index is 0.000000283. The van der Waals surface area contributed by atoms with Gasteiger partial charge in [0.15, 0.2) is 0 Å². The Bertz CT molecular complexity index is 924. The van der Waals surface area contributed by atoms with E-state index in [4.69, 9.17) is 10.2 Å². The quantitative estimate of drug-likeness (QED) is 0.585. The average Bonchev–Trinajstić information content (AvgIpc) is 2.66. The minimum Gasteiger partial charge on any atom is -0.478 e. The number of carboxylic acid groups (broad SMARTS) is 2. The van der Waals surface area contributed by atoms with Crippen LogP contribution in [0.25, 0.3) is 0 Å². The van der Waals surface area contributed by atoms with E-state index in [-0.39, 0.29) is 15.6 Å². The summed E-state index contributed by atoms with van der Waals surface area (Å²) >= 11 is 6.15. The molecular formula is C18H14Br2O8. The van der Waals surface area contributed by atoms with Crippen LogP contribution in [0.2, 0.25) is 0 Å². The second-order valence-electron chi connectivity index (χ2n) is 4.98. The van der Waals surface area contributed by atoms with Gasteiger partial charge in [-0.15, -0.1) is 0 Å². The second kappa shape index (κ2) is 10.6. The van der Waals surface area contributed by atoms with E-state index in [1.807, 2.05) is 0 Å². The van der Waals surface area contributed by atoms with Crippen LogP contribution in [0.4, 0.5) is 0 Å². The maximum absolute atomic E-state index is 11.2. The Morgan fingerprint density at radius 1 is 0.714 bits per heavy atom. The minimum atomic E-state index is -1.09. The van der Waals surface area contributed by atoms with Gasteiger partial charge in [-0.2, -0.15) is 0 Å². The fourth-order valence-corrected chi connectivity index (χ4v) is 2.95. The molecule has 0 amide bonds. The summed E-state index contributed by atoms with van der Waals surface area (Å²) in [4.78, 5) is 43.4. The zero-order chi connectivity index (χ0) is 21.4. The van der Waals surface area contributed by atoms with Crippen LogP contribution in [0.15, 0.2) is 45.3 Å². The summed E-state index contributed by atoms with van der Waals surface area (Å²) in [6, 6.07) is 8.27. The molecule has 0 saturated heterocycles. The van der Waals surface area contributed by atoms with E-state index in [2.05, 4.69) is 41.3 Å². The summed E-state index contributed by atoms with van der Waals surface area (Å²) in [5.41, 5.74) is 0.837. The van der Waals surface area contributed by atoms with E-state index in [1.54, 1.807) is 0 Å². The van der Waals surface area contributed by atoms with Crippen molar-refractivity contribution in [1.29, 1.82) is 0 Å². The molecule has 2 rings (SSSR count). The lowest BCUT2D eigenvalue weighted by atomic mass is 10.1. The highest BCUT2D eigenvalue weighted by Crippen LogP contribution is 2.20. The van der Waals surface area contributed by atoms with Crippen LogP contribution in [0.1, 0.15) is 41.4 Å². The van der Waals surface area contributed by atoms with Gasteiger partial charge in [-0.05, 0) is 68.3 Å². The maximum Gasteiger partial charge on any atom is 0.339 e. The van der Waals surface area contributed by atoms with Crippen molar-refractivity contribution in [2.45, 2.75) is 0 Å². The highest BCUT2D eigenvalue weighted by molar-refractivity contribution is 9.10. The summed E-state index contributed by atoms with van der Waals surface area (Å²) in [6.45, 7) is 0. The van der Waals surface area contributed by atoms with E-state index >= 15 is 0 Å². The summed E-state index contributed by atoms with van der Waals surface area (Å²) in [5, 5.41) is 17.2. The van der Waals surface area contributed by atoms with Crippen molar-refractivity contribution in [3.8, 4) is 0 Å². The van der Waals surface area contributed by atoms with Crippen molar-refractivity contribution in [1.82, 2.24) is 0 Å². The van der Waals surface area contributed by atoms with Crippen LogP contribution in [0.5, 0.6) is 0 Å². The lowest BCUT2D eigenvalue weighted by Gasteiger charge is -2.04. The molecule has 0 radical (unpaired) electrons. The molecule has 0 aliphatic rings. The number of esters is 2. The van der Waals surface area contributed by atoms with Crippen LogP contribution >= 0.6 is 31.9 Å². The fourth-order valence-electron chi connectivity index (χ4n) is 1.86. The van der Waals surface area contributed by atoms with Gasteiger partial charge in [0, 0.05) is 8.95 Å². The number of aromatic carboxylic acids is 2. The molecular weight excluding hydrogens is 504 g/mol. The molecule has 148 valence electrons. The van der Waals surface area contributed by atoms with Crippen molar-refractivity contribution in [3.63, 3.8) is 0 Å². The summed E-state index contributed by atoms with van der Waals surface area (Å²) < 4.78 is 9.86. The van der Waals surface area contributed by atoms with E-state index in [9.17, 15) is 19.2 Å². The van der Waals surface area contributed by atoms with Crippen LogP contribution in [0.3, 0.4) is 0 Å². The van der Waals surface area contributed by atoms with Gasteiger partial charge in [0.25, 0.3) is 0 Å². The third-order valence-corrected chi connectivity index (χ3v) is 4.55. The number of methoxy groups -OCH3 is 2. The molecule has 2 aromatic rings. The first-order chi connectivity index (χ1) is 13.1. The lowest BCUT2D eigenvalue weighted by molar-refractivity contribution is 0.0586. The van der Waals surface area contributed by atoms with Gasteiger partial charge in [0.2, 0.25) is 0 Å². The van der Waals surface area contributed by atoms with Crippen LogP contribution in [-0.4, -0.2) is 48.3 Å². The first-order valence-electron chi connectivity index (χ1n) is 7.34. The molecule has 10 heteroatoms. The number of carbonyl (C=O) groups excluding carboxylic acids is 2. The zero-order valence-corrected chi connectivity index (χ0v) is 17.7. The molecule has 0 fully saturated rings. The molecule has 0 heterocycles. The van der Waals surface area contributed by atoms with Crippen LogP contribution in [-0.2, 0) is 9.47 Å². The Kier molecular flexibility index (Phi) is 8.80. The number of carbonyl (C=O) groups is 4. The lowest BCUT2D eigenvalue weighted by Crippen LogP contribution is -2.05. The standard InChI is InChI=1S/C10H9BrO4.C8H5BrO4/c1-14-9(12)6-3-4-7(8(11)5-6)10(13)15-2;9-6-3-4(7(10)11)1-2-5(6)8(12)13/h3-5H,1-2H3;1-3H,(H,10,11)(H,12,13). The summed E-state index contributed by atoms with van der Waals surface area (Å²) in [6.07, 6.45) is 0. The summed E-state index contributed by atoms with van der Waals surface area (Å²) in [7, 11) is 2.59. The average molecular weight is 518 g/mol. The van der Waals surface area contributed by atoms with Crippen LogP contribution < -0.4 is 0 Å². The monoisotopic (exact) mass is 516 g/mol. The van der Waals surface area contributed by atoms with Crippen molar-refractivity contribution in [2.24, 2.45) is 0 Å². The molecule has 0 unspecified atom stereocenters. The van der Waals surface area contributed by atoms with E-state index in [1.165, 1.54) is 50.6 Å². The normalized spacial score (nSPS) is 9.57. The Morgan fingerprint density at radius 2 is 1.18 bits per heavy atom. The van der Waals surface area contributed by atoms with Crippen LogP contribution in [0, 0.1) is 0 Å². The molecule has 2 aromatic carbocycles. The highest BCUT2D eigenvalue weighted by atomic mass is 79.9. The van der Waals surface area contributed by atoms with Gasteiger partial charge < -0.3 is 19.7 Å². The fraction of sp³-hybridized carbons (Fsp3) is 0.111. The van der Waals surface area contributed by atoms with E-state index in [0.717, 1.165) is 0 Å². The number of rotatable bonds is 4. The Morgan fingerprint density at radius 3 is 1.61 bits per heavy atom. The topological polar surface area (TPSA) is 127 Å². The van der Waals surface area contributed by atoms with Crippen molar-refractivity contribution in [3.05, 3.63) is 67.6 Å². The van der Waals surface area contributed by atoms with Gasteiger partial charge in [-0.1, -0.05) is 0 Å². The number of hydrogen-bond acceptors (Lipinski definition) is 6. The molecule has 0 aliphatic heterocycles. The van der Waals surface area contributed by atoms with E-state index in [0.29, 0.717) is 15.6 Å².